The summed E-state index contributed by atoms with van der Waals surface area (Å²) in [6.45, 7) is 6.06. The Bertz CT molecular complexity index is 1660. The number of Topliss-reactive ketones (excluding diaryl/α,β-unsaturated/α-hetero) is 1. The molecular weight excluding hydrogens is 560 g/mol. The summed E-state index contributed by atoms with van der Waals surface area (Å²) < 4.78 is 22.3. The molecule has 12 heteroatoms. The Hall–Kier alpha value is -4.71. The summed E-state index contributed by atoms with van der Waals surface area (Å²) in [4.78, 5) is 43.9. The number of phenols is 3. The highest BCUT2D eigenvalue weighted by Crippen LogP contribution is 2.58. The van der Waals surface area contributed by atoms with E-state index in [9.17, 15) is 29.7 Å². The van der Waals surface area contributed by atoms with Crippen molar-refractivity contribution < 1.29 is 48.7 Å². The number of fused-ring (bicyclic) bond motifs is 7. The van der Waals surface area contributed by atoms with Gasteiger partial charge in [0.1, 0.15) is 24.1 Å². The van der Waals surface area contributed by atoms with Crippen LogP contribution in [0.5, 0.6) is 34.5 Å². The quantitative estimate of drug-likeness (QED) is 0.195. The van der Waals surface area contributed by atoms with E-state index < -0.39 is 41.5 Å². The van der Waals surface area contributed by atoms with Gasteiger partial charge in [-0.3, -0.25) is 14.5 Å². The first-order valence-corrected chi connectivity index (χ1v) is 13.6. The summed E-state index contributed by atoms with van der Waals surface area (Å²) in [5.41, 5.74) is 1.61. The minimum absolute atomic E-state index is 0.0198. The van der Waals surface area contributed by atoms with E-state index in [0.717, 1.165) is 0 Å². The molecule has 3 aliphatic heterocycles. The summed E-state index contributed by atoms with van der Waals surface area (Å²) in [6.07, 6.45) is 3.17. The molecular formula is C31H34N2O10. The van der Waals surface area contributed by atoms with Crippen LogP contribution in [0.1, 0.15) is 64.1 Å². The molecule has 5 rings (SSSR count). The monoisotopic (exact) mass is 594 g/mol. The van der Waals surface area contributed by atoms with Gasteiger partial charge in [0, 0.05) is 39.1 Å². The van der Waals surface area contributed by atoms with Crippen molar-refractivity contribution in [3.05, 3.63) is 50.7 Å². The number of likely N-dealkylation sites (N-methyl/N-ethyl adjacent to an activating group) is 1. The van der Waals surface area contributed by atoms with Crippen LogP contribution >= 0.6 is 0 Å². The maximum Gasteiger partial charge on any atom is 0.333 e. The van der Waals surface area contributed by atoms with Crippen molar-refractivity contribution in [3.8, 4) is 34.5 Å². The average molecular weight is 595 g/mol. The van der Waals surface area contributed by atoms with Crippen LogP contribution in [0.4, 0.5) is 0 Å². The number of carbonyl (C=O) groups excluding carboxylic acids is 3. The number of piperazine rings is 1. The van der Waals surface area contributed by atoms with Crippen molar-refractivity contribution in [2.24, 2.45) is 0 Å². The molecule has 228 valence electrons. The van der Waals surface area contributed by atoms with Crippen LogP contribution in [0.3, 0.4) is 0 Å². The molecule has 43 heavy (non-hydrogen) atoms. The highest BCUT2D eigenvalue weighted by atomic mass is 16.5. The van der Waals surface area contributed by atoms with E-state index >= 15 is 0 Å². The smallest absolute Gasteiger partial charge is 0.333 e. The van der Waals surface area contributed by atoms with Gasteiger partial charge in [0.15, 0.2) is 34.8 Å². The summed E-state index contributed by atoms with van der Waals surface area (Å²) >= 11 is 0. The number of amides is 1. The lowest BCUT2D eigenvalue weighted by Gasteiger charge is -2.52. The lowest BCUT2D eigenvalue weighted by molar-refractivity contribution is -0.148. The molecule has 1 fully saturated rings. The Labute approximate surface area is 248 Å². The van der Waals surface area contributed by atoms with Crippen molar-refractivity contribution in [2.75, 3.05) is 35.0 Å². The molecule has 0 saturated carbocycles. The number of nitrogens with zero attached hydrogens (tertiary/aromatic N) is 2. The first-order chi connectivity index (χ1) is 20.4. The zero-order valence-corrected chi connectivity index (χ0v) is 25.2. The van der Waals surface area contributed by atoms with E-state index in [1.165, 1.54) is 38.1 Å². The molecule has 0 aromatic heterocycles. The van der Waals surface area contributed by atoms with Crippen LogP contribution in [0.15, 0.2) is 17.3 Å². The van der Waals surface area contributed by atoms with Crippen molar-refractivity contribution in [2.45, 2.75) is 45.8 Å². The molecule has 3 N–H and O–H groups in total. The molecule has 1 saturated heterocycles. The fraction of sp³-hybridized carbons (Fsp3) is 0.387. The highest BCUT2D eigenvalue weighted by molar-refractivity contribution is 6.18. The van der Waals surface area contributed by atoms with Crippen LogP contribution < -0.4 is 14.2 Å². The molecule has 2 bridgehead atoms. The van der Waals surface area contributed by atoms with Gasteiger partial charge in [0.2, 0.25) is 0 Å². The molecule has 1 amide bonds. The van der Waals surface area contributed by atoms with E-state index in [-0.39, 0.29) is 63.3 Å². The van der Waals surface area contributed by atoms with Crippen molar-refractivity contribution >= 4 is 23.7 Å². The van der Waals surface area contributed by atoms with Gasteiger partial charge in [-0.25, -0.2) is 4.79 Å². The number of hydrogen-bond acceptors (Lipinski definition) is 11. The lowest BCUT2D eigenvalue weighted by Crippen LogP contribution is -2.62. The standard InChI is InChI=1S/C31H34N2O10/c1-9-12(2)31(39)43-11-17-18-15(23(34)13(3)28(41-7)29(18)42-8)10-16-21-19-20(24(35)14(4)27(40-6)26(19)37)25(36)22(32(21)5)30(38)33(16)17/h9-10,17,21-22,34-35,37H,11H2,1-8H3/b12-9-/t17-,21?,22?/m0/s1. The molecule has 0 aliphatic carbocycles. The third-order valence-corrected chi connectivity index (χ3v) is 8.65. The minimum Gasteiger partial charge on any atom is -0.507 e. The predicted molar refractivity (Wildman–Crippen MR) is 154 cm³/mol. The predicted octanol–water partition coefficient (Wildman–Crippen LogP) is 3.43. The molecule has 3 atom stereocenters. The zero-order chi connectivity index (χ0) is 31.7. The number of esters is 1. The molecule has 0 radical (unpaired) electrons. The molecule has 2 aromatic carbocycles. The molecule has 2 aromatic rings. The van der Waals surface area contributed by atoms with Gasteiger partial charge in [0.25, 0.3) is 5.91 Å². The Kier molecular flexibility index (Phi) is 7.29. The summed E-state index contributed by atoms with van der Waals surface area (Å²) in [5, 5.41) is 33.9. The van der Waals surface area contributed by atoms with E-state index in [1.54, 1.807) is 40.0 Å². The Balaban J connectivity index is 1.85. The fourth-order valence-corrected chi connectivity index (χ4v) is 6.39. The number of ketones is 1. The van der Waals surface area contributed by atoms with Gasteiger partial charge in [0.05, 0.1) is 32.9 Å². The number of phenolic OH excluding ortho intramolecular Hbond substituents is 3. The number of aromatic hydroxyl groups is 3. The molecule has 3 aliphatic rings. The highest BCUT2D eigenvalue weighted by Gasteiger charge is 2.57. The summed E-state index contributed by atoms with van der Waals surface area (Å²) in [6, 6.07) is -3.40. The first-order valence-electron chi connectivity index (χ1n) is 13.6. The Morgan fingerprint density at radius 2 is 1.51 bits per heavy atom. The lowest BCUT2D eigenvalue weighted by atomic mass is 9.77. The summed E-state index contributed by atoms with van der Waals surface area (Å²) in [5.74, 6) is -2.47. The van der Waals surface area contributed by atoms with E-state index in [2.05, 4.69) is 0 Å². The third kappa shape index (κ3) is 3.96. The topological polar surface area (TPSA) is 155 Å². The van der Waals surface area contributed by atoms with Gasteiger partial charge in [-0.1, -0.05) is 6.08 Å². The van der Waals surface area contributed by atoms with Crippen molar-refractivity contribution in [3.63, 3.8) is 0 Å². The average Bonchev–Trinajstić information content (AvgIpc) is 2.98. The summed E-state index contributed by atoms with van der Waals surface area (Å²) in [7, 11) is 5.72. The normalized spacial score (nSPS) is 21.0. The van der Waals surface area contributed by atoms with Gasteiger partial charge in [-0.2, -0.15) is 0 Å². The maximum atomic E-state index is 14.3. The zero-order valence-electron chi connectivity index (χ0n) is 25.2. The second kappa shape index (κ2) is 10.5. The third-order valence-electron chi connectivity index (χ3n) is 8.65. The largest absolute Gasteiger partial charge is 0.507 e. The number of rotatable bonds is 6. The van der Waals surface area contributed by atoms with Gasteiger partial charge >= 0.3 is 5.97 Å². The van der Waals surface area contributed by atoms with Gasteiger partial charge in [-0.15, -0.1) is 0 Å². The van der Waals surface area contributed by atoms with Crippen LogP contribution in [-0.4, -0.2) is 83.8 Å². The first kappa shape index (κ1) is 29.8. The minimum atomic E-state index is -1.38. The Morgan fingerprint density at radius 1 is 0.907 bits per heavy atom. The second-order valence-corrected chi connectivity index (χ2v) is 10.7. The molecule has 2 unspecified atom stereocenters. The van der Waals surface area contributed by atoms with E-state index in [4.69, 9.17) is 18.9 Å². The number of allylic oxidation sites excluding steroid dienone is 1. The van der Waals surface area contributed by atoms with E-state index in [0.29, 0.717) is 16.7 Å². The number of methoxy groups -OCH3 is 3. The van der Waals surface area contributed by atoms with Crippen molar-refractivity contribution in [1.29, 1.82) is 0 Å². The maximum absolute atomic E-state index is 14.3. The van der Waals surface area contributed by atoms with Gasteiger partial charge in [-0.05, 0) is 40.8 Å². The molecule has 0 spiro atoms. The molecule has 12 nitrogen and oxygen atoms in total. The number of hydrogen-bond donors (Lipinski definition) is 3. The van der Waals surface area contributed by atoms with E-state index in [1.807, 2.05) is 0 Å². The van der Waals surface area contributed by atoms with Crippen LogP contribution in [0.2, 0.25) is 0 Å². The fourth-order valence-electron chi connectivity index (χ4n) is 6.39. The van der Waals surface area contributed by atoms with Crippen LogP contribution in [0.25, 0.3) is 6.08 Å². The number of carbonyl (C=O) groups is 3. The molecule has 3 heterocycles. The van der Waals surface area contributed by atoms with Gasteiger partial charge < -0.3 is 39.2 Å². The second-order valence-electron chi connectivity index (χ2n) is 10.7. The Morgan fingerprint density at radius 3 is 2.09 bits per heavy atom. The van der Waals surface area contributed by atoms with Crippen LogP contribution in [-0.2, 0) is 14.3 Å². The van der Waals surface area contributed by atoms with Crippen molar-refractivity contribution in [1.82, 2.24) is 9.80 Å². The van der Waals surface area contributed by atoms with Crippen LogP contribution in [0, 0.1) is 13.8 Å². The SMILES string of the molecule is C/C=C(/C)C(=O)OC[C@H]1c2c(c(O)c(C)c(OC)c2OC)C=C2C3c4c(O)c(OC)c(C)c(O)c4C(=O)C(C(=O)N21)N3C. The number of benzene rings is 2. The number of ether oxygens (including phenoxy) is 4.